The summed E-state index contributed by atoms with van der Waals surface area (Å²) in [6.07, 6.45) is 0.539. The standard InChI is InChI=1S/C23H23FN2O3S2/c1-17-3-5-18(6-4-17)21-11-16-30-22(21)23(27)25-12-2-13-26(15-14-25)31(28,29)20-9-7-19(24)8-10-20/h3-11,16H,2,12-15H2,1H3. The molecule has 2 heterocycles. The van der Waals surface area contributed by atoms with Gasteiger partial charge in [0, 0.05) is 31.7 Å². The Labute approximate surface area is 185 Å². The van der Waals surface area contributed by atoms with E-state index in [-0.39, 0.29) is 17.3 Å². The maximum absolute atomic E-state index is 13.3. The molecule has 4 rings (SSSR count). The van der Waals surface area contributed by atoms with E-state index in [0.29, 0.717) is 30.9 Å². The van der Waals surface area contributed by atoms with Crippen molar-refractivity contribution >= 4 is 27.3 Å². The number of carbonyl (C=O) groups excluding carboxylic acids is 1. The number of hydrogen-bond donors (Lipinski definition) is 0. The van der Waals surface area contributed by atoms with Crippen LogP contribution in [0.3, 0.4) is 0 Å². The fourth-order valence-electron chi connectivity index (χ4n) is 3.67. The van der Waals surface area contributed by atoms with Gasteiger partial charge in [-0.3, -0.25) is 4.79 Å². The molecule has 1 aliphatic heterocycles. The zero-order valence-corrected chi connectivity index (χ0v) is 18.8. The monoisotopic (exact) mass is 458 g/mol. The first-order valence-corrected chi connectivity index (χ1v) is 12.4. The van der Waals surface area contributed by atoms with Crippen molar-refractivity contribution in [3.63, 3.8) is 0 Å². The molecule has 0 unspecified atom stereocenters. The van der Waals surface area contributed by atoms with E-state index in [1.54, 1.807) is 4.90 Å². The molecule has 2 aromatic carbocycles. The molecule has 3 aromatic rings. The highest BCUT2D eigenvalue weighted by Gasteiger charge is 2.29. The van der Waals surface area contributed by atoms with Gasteiger partial charge in [0.1, 0.15) is 5.82 Å². The molecule has 0 N–H and O–H groups in total. The van der Waals surface area contributed by atoms with Gasteiger partial charge < -0.3 is 4.90 Å². The topological polar surface area (TPSA) is 57.7 Å². The smallest absolute Gasteiger partial charge is 0.264 e. The Balaban J connectivity index is 1.51. The van der Waals surface area contributed by atoms with E-state index in [1.807, 2.05) is 42.6 Å². The first-order chi connectivity index (χ1) is 14.9. The van der Waals surface area contributed by atoms with E-state index in [4.69, 9.17) is 0 Å². The van der Waals surface area contributed by atoms with Gasteiger partial charge in [0.15, 0.2) is 0 Å². The molecule has 1 aliphatic rings. The van der Waals surface area contributed by atoms with Gasteiger partial charge >= 0.3 is 0 Å². The summed E-state index contributed by atoms with van der Waals surface area (Å²) in [4.78, 5) is 15.7. The number of carbonyl (C=O) groups is 1. The van der Waals surface area contributed by atoms with Crippen LogP contribution in [0.4, 0.5) is 4.39 Å². The predicted octanol–water partition coefficient (Wildman–Crippen LogP) is 4.40. The minimum atomic E-state index is -3.73. The van der Waals surface area contributed by atoms with Crippen LogP contribution in [-0.4, -0.2) is 49.7 Å². The lowest BCUT2D eigenvalue weighted by Crippen LogP contribution is -2.37. The summed E-state index contributed by atoms with van der Waals surface area (Å²) in [5, 5.41) is 1.91. The normalized spacial score (nSPS) is 15.6. The second-order valence-corrected chi connectivity index (χ2v) is 10.4. The first-order valence-electron chi connectivity index (χ1n) is 10.1. The van der Waals surface area contributed by atoms with Gasteiger partial charge in [-0.1, -0.05) is 29.8 Å². The van der Waals surface area contributed by atoms with Crippen LogP contribution in [0.5, 0.6) is 0 Å². The molecule has 1 saturated heterocycles. The summed E-state index contributed by atoms with van der Waals surface area (Å²) >= 11 is 1.40. The van der Waals surface area contributed by atoms with Gasteiger partial charge in [0.05, 0.1) is 9.77 Å². The lowest BCUT2D eigenvalue weighted by atomic mass is 10.0. The molecule has 0 atom stereocenters. The highest BCUT2D eigenvalue weighted by molar-refractivity contribution is 7.89. The van der Waals surface area contributed by atoms with E-state index < -0.39 is 15.8 Å². The summed E-state index contributed by atoms with van der Waals surface area (Å²) in [5.74, 6) is -0.557. The number of amides is 1. The summed E-state index contributed by atoms with van der Waals surface area (Å²) in [6, 6.07) is 14.8. The number of thiophene rings is 1. The van der Waals surface area contributed by atoms with Crippen molar-refractivity contribution in [2.45, 2.75) is 18.2 Å². The Kier molecular flexibility index (Phi) is 6.22. The van der Waals surface area contributed by atoms with Gasteiger partial charge in [-0.15, -0.1) is 11.3 Å². The molecular formula is C23H23FN2O3S2. The average Bonchev–Trinajstić information content (AvgIpc) is 3.10. The molecule has 162 valence electrons. The molecular weight excluding hydrogens is 435 g/mol. The molecule has 8 heteroatoms. The van der Waals surface area contributed by atoms with Crippen molar-refractivity contribution in [3.8, 4) is 11.1 Å². The number of rotatable bonds is 4. The second-order valence-electron chi connectivity index (χ2n) is 7.53. The average molecular weight is 459 g/mol. The van der Waals surface area contributed by atoms with E-state index in [2.05, 4.69) is 0 Å². The van der Waals surface area contributed by atoms with Crippen LogP contribution in [0.2, 0.25) is 0 Å². The third-order valence-corrected chi connectivity index (χ3v) is 8.23. The summed E-state index contributed by atoms with van der Waals surface area (Å²) in [5.41, 5.74) is 3.04. The Morgan fingerprint density at radius 2 is 1.65 bits per heavy atom. The molecule has 0 spiro atoms. The van der Waals surface area contributed by atoms with Gasteiger partial charge in [-0.05, 0) is 54.6 Å². The van der Waals surface area contributed by atoms with Crippen LogP contribution in [0, 0.1) is 12.7 Å². The van der Waals surface area contributed by atoms with Crippen LogP contribution in [0.1, 0.15) is 21.7 Å². The molecule has 0 saturated carbocycles. The molecule has 0 aliphatic carbocycles. The van der Waals surface area contributed by atoms with Crippen molar-refractivity contribution in [2.24, 2.45) is 0 Å². The number of halogens is 1. The van der Waals surface area contributed by atoms with Crippen LogP contribution in [-0.2, 0) is 10.0 Å². The third kappa shape index (κ3) is 4.56. The van der Waals surface area contributed by atoms with Crippen LogP contribution < -0.4 is 0 Å². The van der Waals surface area contributed by atoms with Gasteiger partial charge in [-0.25, -0.2) is 12.8 Å². The van der Waals surface area contributed by atoms with Crippen LogP contribution in [0.15, 0.2) is 64.9 Å². The lowest BCUT2D eigenvalue weighted by Gasteiger charge is -2.22. The fourth-order valence-corrected chi connectivity index (χ4v) is 6.02. The van der Waals surface area contributed by atoms with Crippen molar-refractivity contribution in [1.29, 1.82) is 0 Å². The highest BCUT2D eigenvalue weighted by Crippen LogP contribution is 2.30. The van der Waals surface area contributed by atoms with Gasteiger partial charge in [0.2, 0.25) is 10.0 Å². The van der Waals surface area contributed by atoms with Crippen LogP contribution in [0.25, 0.3) is 11.1 Å². The quantitative estimate of drug-likeness (QED) is 0.582. The van der Waals surface area contributed by atoms with Gasteiger partial charge in [-0.2, -0.15) is 4.31 Å². The Morgan fingerprint density at radius 3 is 2.35 bits per heavy atom. The summed E-state index contributed by atoms with van der Waals surface area (Å²) in [6.45, 7) is 3.34. The SMILES string of the molecule is Cc1ccc(-c2ccsc2C(=O)N2CCCN(S(=O)(=O)c3ccc(F)cc3)CC2)cc1. The Bertz CT molecular complexity index is 1170. The van der Waals surface area contributed by atoms with Gasteiger partial charge in [0.25, 0.3) is 5.91 Å². The lowest BCUT2D eigenvalue weighted by molar-refractivity contribution is 0.0770. The molecule has 31 heavy (non-hydrogen) atoms. The predicted molar refractivity (Wildman–Crippen MR) is 120 cm³/mol. The molecule has 0 bridgehead atoms. The Morgan fingerprint density at radius 1 is 0.935 bits per heavy atom. The van der Waals surface area contributed by atoms with E-state index >= 15 is 0 Å². The minimum absolute atomic E-state index is 0.0635. The van der Waals surface area contributed by atoms with E-state index in [0.717, 1.165) is 28.8 Å². The largest absolute Gasteiger partial charge is 0.337 e. The van der Waals surface area contributed by atoms with Crippen molar-refractivity contribution in [2.75, 3.05) is 26.2 Å². The summed E-state index contributed by atoms with van der Waals surface area (Å²) < 4.78 is 40.4. The van der Waals surface area contributed by atoms with E-state index in [9.17, 15) is 17.6 Å². The molecule has 1 amide bonds. The maximum atomic E-state index is 13.3. The number of nitrogens with zero attached hydrogens (tertiary/aromatic N) is 2. The molecule has 5 nitrogen and oxygen atoms in total. The second kappa shape index (κ2) is 8.90. The number of benzene rings is 2. The van der Waals surface area contributed by atoms with E-state index in [1.165, 1.54) is 27.8 Å². The zero-order valence-electron chi connectivity index (χ0n) is 17.1. The molecule has 1 aromatic heterocycles. The molecule has 1 fully saturated rings. The highest BCUT2D eigenvalue weighted by atomic mass is 32.2. The number of sulfonamides is 1. The van der Waals surface area contributed by atoms with Crippen molar-refractivity contribution < 1.29 is 17.6 Å². The number of hydrogen-bond acceptors (Lipinski definition) is 4. The summed E-state index contributed by atoms with van der Waals surface area (Å²) in [7, 11) is -3.73. The van der Waals surface area contributed by atoms with Crippen molar-refractivity contribution in [1.82, 2.24) is 9.21 Å². The Hall–Kier alpha value is -2.55. The van der Waals surface area contributed by atoms with Crippen LogP contribution >= 0.6 is 11.3 Å². The minimum Gasteiger partial charge on any atom is -0.337 e. The third-order valence-electron chi connectivity index (χ3n) is 5.42. The van der Waals surface area contributed by atoms with Crippen molar-refractivity contribution in [3.05, 3.63) is 76.2 Å². The maximum Gasteiger partial charge on any atom is 0.264 e. The molecule has 0 radical (unpaired) electrons. The number of aryl methyl sites for hydroxylation is 1. The zero-order chi connectivity index (χ0) is 22.0. The first kappa shape index (κ1) is 21.7. The fraction of sp³-hybridized carbons (Fsp3) is 0.261.